The number of halogens is 2. The highest BCUT2D eigenvalue weighted by Gasteiger charge is 1.99. The number of H-pyrrole nitrogens is 1. The van der Waals surface area contributed by atoms with E-state index in [1.165, 1.54) is 5.69 Å². The molecule has 0 aromatic carbocycles. The van der Waals surface area contributed by atoms with Crippen LogP contribution in [0.5, 0.6) is 0 Å². The molecule has 0 fully saturated rings. The molecule has 3 aromatic heterocycles. The summed E-state index contributed by atoms with van der Waals surface area (Å²) in [6.07, 6.45) is 5.70. The van der Waals surface area contributed by atoms with Gasteiger partial charge in [0, 0.05) is 68.6 Å². The minimum atomic E-state index is 0. The predicted molar refractivity (Wildman–Crippen MR) is 137 cm³/mol. The van der Waals surface area contributed by atoms with E-state index in [0.717, 1.165) is 42.0 Å². The van der Waals surface area contributed by atoms with Crippen LogP contribution in [0.15, 0.2) is 18.6 Å². The summed E-state index contributed by atoms with van der Waals surface area (Å²) < 4.78 is 4.18. The quantitative estimate of drug-likeness (QED) is 0.405. The van der Waals surface area contributed by atoms with Crippen LogP contribution < -0.4 is 17.2 Å². The zero-order valence-corrected chi connectivity index (χ0v) is 21.8. The van der Waals surface area contributed by atoms with Gasteiger partial charge in [-0.3, -0.25) is 0 Å². The average Bonchev–Trinajstić information content (AvgIpc) is 3.37. The van der Waals surface area contributed by atoms with Gasteiger partial charge in [0.25, 0.3) is 0 Å². The second kappa shape index (κ2) is 18.6. The molecule has 0 amide bonds. The van der Waals surface area contributed by atoms with E-state index in [4.69, 9.17) is 28.8 Å². The minimum absolute atomic E-state index is 0. The molecule has 0 unspecified atom stereocenters. The van der Waals surface area contributed by atoms with Crippen molar-refractivity contribution in [3.8, 4) is 0 Å². The van der Waals surface area contributed by atoms with Gasteiger partial charge in [0.1, 0.15) is 17.5 Å². The number of imidazole rings is 3. The van der Waals surface area contributed by atoms with Crippen molar-refractivity contribution in [1.29, 1.82) is 0 Å². The lowest BCUT2D eigenvalue weighted by atomic mass is 10.5. The number of alkyl halides is 1. The van der Waals surface area contributed by atoms with Gasteiger partial charge >= 0.3 is 0 Å². The maximum atomic E-state index is 5.41. The molecule has 3 heterocycles. The molecule has 0 aliphatic carbocycles. The van der Waals surface area contributed by atoms with E-state index in [9.17, 15) is 0 Å². The van der Waals surface area contributed by atoms with E-state index in [-0.39, 0.29) is 12.4 Å². The Hall–Kier alpha value is -1.91. The van der Waals surface area contributed by atoms with Gasteiger partial charge in [-0.15, -0.1) is 24.0 Å². The molecule has 3 aromatic rings. The van der Waals surface area contributed by atoms with Crippen LogP contribution in [-0.4, -0.2) is 54.6 Å². The minimum Gasteiger partial charge on any atom is -0.346 e. The smallest absolute Gasteiger partial charge is 0.105 e. The van der Waals surface area contributed by atoms with Gasteiger partial charge in [-0.2, -0.15) is 0 Å². The number of hydrogen-bond donors (Lipinski definition) is 4. The highest BCUT2D eigenvalue weighted by molar-refractivity contribution is 6.18. The van der Waals surface area contributed by atoms with Crippen LogP contribution in [0, 0.1) is 41.5 Å². The zero-order valence-electron chi connectivity index (χ0n) is 20.2. The predicted octanol–water partition coefficient (Wildman–Crippen LogP) is 2.55. The molecular weight excluding hydrogens is 449 g/mol. The molecule has 0 saturated carbocycles. The summed E-state index contributed by atoms with van der Waals surface area (Å²) in [5.74, 6) is 3.64. The normalized spacial score (nSPS) is 9.44. The van der Waals surface area contributed by atoms with Crippen LogP contribution in [0.1, 0.15) is 34.6 Å². The zero-order chi connectivity index (χ0) is 23.8. The number of aromatic nitrogens is 6. The molecule has 0 spiro atoms. The lowest BCUT2D eigenvalue weighted by Crippen LogP contribution is -2.12. The molecule has 7 N–H and O–H groups in total. The van der Waals surface area contributed by atoms with Gasteiger partial charge < -0.3 is 31.3 Å². The van der Waals surface area contributed by atoms with Crippen LogP contribution in [0.25, 0.3) is 0 Å². The van der Waals surface area contributed by atoms with Crippen molar-refractivity contribution < 1.29 is 0 Å². The molecule has 0 radical (unpaired) electrons. The summed E-state index contributed by atoms with van der Waals surface area (Å²) >= 11 is 5.06. The molecule has 9 nitrogen and oxygen atoms in total. The van der Waals surface area contributed by atoms with Crippen LogP contribution >= 0.6 is 24.0 Å². The Morgan fingerprint density at radius 1 is 0.875 bits per heavy atom. The lowest BCUT2D eigenvalue weighted by Gasteiger charge is -2.03. The first-order valence-corrected chi connectivity index (χ1v) is 10.9. The van der Waals surface area contributed by atoms with Crippen LogP contribution in [0.3, 0.4) is 0 Å². The first kappa shape index (κ1) is 32.3. The molecule has 32 heavy (non-hydrogen) atoms. The molecule has 184 valence electrons. The second-order valence-electron chi connectivity index (χ2n) is 6.93. The van der Waals surface area contributed by atoms with E-state index in [0.29, 0.717) is 25.5 Å². The number of aromatic amines is 1. The Balaban J connectivity index is 0. The van der Waals surface area contributed by atoms with Crippen molar-refractivity contribution in [1.82, 2.24) is 29.1 Å². The third kappa shape index (κ3) is 13.5. The van der Waals surface area contributed by atoms with Gasteiger partial charge in [0.15, 0.2) is 0 Å². The number of nitrogens with zero attached hydrogens (tertiary/aromatic N) is 5. The third-order valence-electron chi connectivity index (χ3n) is 4.01. The summed E-state index contributed by atoms with van der Waals surface area (Å²) in [5, 5.41) is 0. The number of hydrogen-bond acceptors (Lipinski definition) is 6. The summed E-state index contributed by atoms with van der Waals surface area (Å²) in [7, 11) is 0. The van der Waals surface area contributed by atoms with E-state index >= 15 is 0 Å². The van der Waals surface area contributed by atoms with E-state index in [2.05, 4.69) is 29.1 Å². The monoisotopic (exact) mass is 489 g/mol. The van der Waals surface area contributed by atoms with Crippen LogP contribution in [0.2, 0.25) is 0 Å². The van der Waals surface area contributed by atoms with E-state index in [1.54, 1.807) is 0 Å². The summed E-state index contributed by atoms with van der Waals surface area (Å²) in [4.78, 5) is 15.4. The van der Waals surface area contributed by atoms with Crippen molar-refractivity contribution in [2.24, 2.45) is 17.2 Å². The van der Waals surface area contributed by atoms with Gasteiger partial charge in [0.05, 0.1) is 5.69 Å². The van der Waals surface area contributed by atoms with Crippen molar-refractivity contribution in [3.05, 3.63) is 53.1 Å². The standard InChI is InChI=1S/2C7H13N3.C5H8N2.C2H6ClN.ClH/c1-6-5-10(4-3-8)7(2)9-6;1-6-5-9-7(2)10(6)4-3-8;1-4-3-6-5(2)7-4;3-1-2-4;/h2*5H,3-4,8H2,1-2H3;3H,1-2H3,(H,6,7);1-2,4H2;1H. The molecule has 0 atom stereocenters. The van der Waals surface area contributed by atoms with Gasteiger partial charge in [-0.25, -0.2) is 15.0 Å². The van der Waals surface area contributed by atoms with E-state index in [1.807, 2.05) is 60.1 Å². The molecule has 3 rings (SSSR count). The van der Waals surface area contributed by atoms with Crippen LogP contribution in [0.4, 0.5) is 0 Å². The molecule has 0 saturated heterocycles. The first-order chi connectivity index (χ1) is 14.7. The number of nitrogens with two attached hydrogens (primary N) is 3. The largest absolute Gasteiger partial charge is 0.346 e. The highest BCUT2D eigenvalue weighted by atomic mass is 35.5. The number of rotatable bonds is 5. The second-order valence-corrected chi connectivity index (χ2v) is 7.31. The number of aryl methyl sites for hydroxylation is 6. The molecule has 11 heteroatoms. The maximum absolute atomic E-state index is 5.41. The van der Waals surface area contributed by atoms with Crippen molar-refractivity contribution in [2.45, 2.75) is 54.6 Å². The Kier molecular flexibility index (Phi) is 18.8. The topological polar surface area (TPSA) is 142 Å². The fourth-order valence-electron chi connectivity index (χ4n) is 2.62. The maximum Gasteiger partial charge on any atom is 0.105 e. The fourth-order valence-corrected chi connectivity index (χ4v) is 2.62. The van der Waals surface area contributed by atoms with Crippen molar-refractivity contribution in [3.63, 3.8) is 0 Å². The first-order valence-electron chi connectivity index (χ1n) is 10.3. The summed E-state index contributed by atoms with van der Waals surface area (Å²) in [6, 6.07) is 0. The molecular formula is C21H41Cl2N9. The highest BCUT2D eigenvalue weighted by Crippen LogP contribution is 2.01. The molecule has 0 aliphatic rings. The Morgan fingerprint density at radius 3 is 1.75 bits per heavy atom. The lowest BCUT2D eigenvalue weighted by molar-refractivity contribution is 0.667. The van der Waals surface area contributed by atoms with Crippen molar-refractivity contribution in [2.75, 3.05) is 25.5 Å². The van der Waals surface area contributed by atoms with Crippen molar-refractivity contribution >= 4 is 24.0 Å². The summed E-state index contributed by atoms with van der Waals surface area (Å²) in [6.45, 7) is 15.6. The van der Waals surface area contributed by atoms with Gasteiger partial charge in [-0.05, 0) is 41.5 Å². The Morgan fingerprint density at radius 2 is 1.47 bits per heavy atom. The fraction of sp³-hybridized carbons (Fsp3) is 0.571. The molecule has 0 aliphatic heterocycles. The number of nitrogens with one attached hydrogen (secondary N) is 1. The third-order valence-corrected chi connectivity index (χ3v) is 4.23. The summed E-state index contributed by atoms with van der Waals surface area (Å²) in [5.41, 5.74) is 19.1. The average molecular weight is 491 g/mol. The SMILES string of the molecule is Cc1cn(CCN)c(C)n1.Cc1cnc(C)[nH]1.Cc1cnc(C)n1CCN.Cl.NCCCl. The molecule has 0 bridgehead atoms. The Bertz CT molecular complexity index is 802. The van der Waals surface area contributed by atoms with E-state index < -0.39 is 0 Å². The van der Waals surface area contributed by atoms with Gasteiger partial charge in [-0.1, -0.05) is 0 Å². The Labute approximate surface area is 203 Å². The van der Waals surface area contributed by atoms with Gasteiger partial charge in [0.2, 0.25) is 0 Å². The van der Waals surface area contributed by atoms with Crippen LogP contribution in [-0.2, 0) is 13.1 Å².